The number of carbonyl (C=O) groups is 5. The van der Waals surface area contributed by atoms with Crippen LogP contribution in [0.25, 0.3) is 0 Å². The number of carbonyl (C=O) groups excluding carboxylic acids is 5. The number of esters is 4. The van der Waals surface area contributed by atoms with Crippen molar-refractivity contribution in [3.05, 3.63) is 24.3 Å². The lowest BCUT2D eigenvalue weighted by Crippen LogP contribution is -2.67. The largest absolute Gasteiger partial charge is 0.463 e. The van der Waals surface area contributed by atoms with E-state index in [1.807, 2.05) is 0 Å². The summed E-state index contributed by atoms with van der Waals surface area (Å²) in [7, 11) is 0. The molecule has 31 heavy (non-hydrogen) atoms. The second-order valence-corrected chi connectivity index (χ2v) is 6.93. The molecule has 1 heterocycles. The minimum atomic E-state index is -1.41. The first kappa shape index (κ1) is 24.1. The average Bonchev–Trinajstić information content (AvgIpc) is 3.18. The van der Waals surface area contributed by atoms with Crippen molar-refractivity contribution >= 4 is 29.8 Å². The summed E-state index contributed by atoms with van der Waals surface area (Å²) in [6.07, 6.45) is 1.54. The molecule has 0 spiro atoms. The minimum Gasteiger partial charge on any atom is -0.463 e. The van der Waals surface area contributed by atoms with Gasteiger partial charge in [0.1, 0.15) is 18.8 Å². The predicted molar refractivity (Wildman–Crippen MR) is 102 cm³/mol. The summed E-state index contributed by atoms with van der Waals surface area (Å²) in [6, 6.07) is -1.21. The first-order valence-electron chi connectivity index (χ1n) is 9.54. The lowest BCUT2D eigenvalue weighted by Gasteiger charge is -2.44. The zero-order valence-electron chi connectivity index (χ0n) is 17.6. The zero-order chi connectivity index (χ0) is 23.1. The highest BCUT2D eigenvalue weighted by Gasteiger charge is 2.52. The second kappa shape index (κ2) is 10.7. The van der Waals surface area contributed by atoms with E-state index in [9.17, 15) is 24.0 Å². The third kappa shape index (κ3) is 6.92. The van der Waals surface area contributed by atoms with Gasteiger partial charge in [-0.25, -0.2) is 0 Å². The normalized spacial score (nSPS) is 27.3. The summed E-state index contributed by atoms with van der Waals surface area (Å²) in [4.78, 5) is 59.1. The van der Waals surface area contributed by atoms with E-state index in [2.05, 4.69) is 5.32 Å². The van der Waals surface area contributed by atoms with Crippen LogP contribution in [0.15, 0.2) is 24.3 Å². The lowest BCUT2D eigenvalue weighted by molar-refractivity contribution is -0.271. The molecule has 0 aromatic carbocycles. The maximum atomic E-state index is 12.7. The Morgan fingerprint density at radius 2 is 1.35 bits per heavy atom. The van der Waals surface area contributed by atoms with Crippen LogP contribution in [0, 0.1) is 5.92 Å². The van der Waals surface area contributed by atoms with Crippen molar-refractivity contribution in [3.8, 4) is 0 Å². The van der Waals surface area contributed by atoms with Crippen LogP contribution < -0.4 is 5.32 Å². The van der Waals surface area contributed by atoms with Crippen molar-refractivity contribution < 1.29 is 47.7 Å². The van der Waals surface area contributed by atoms with Crippen LogP contribution in [0.3, 0.4) is 0 Å². The van der Waals surface area contributed by atoms with Gasteiger partial charge in [-0.2, -0.15) is 0 Å². The van der Waals surface area contributed by atoms with Crippen LogP contribution >= 0.6 is 0 Å². The summed E-state index contributed by atoms with van der Waals surface area (Å²) in [6.45, 7) is 4.18. The third-order valence-corrected chi connectivity index (χ3v) is 4.34. The van der Waals surface area contributed by atoms with Gasteiger partial charge in [0.25, 0.3) is 0 Å². The summed E-state index contributed by atoms with van der Waals surface area (Å²) in [5.41, 5.74) is 0. The van der Waals surface area contributed by atoms with Crippen LogP contribution in [0.5, 0.6) is 0 Å². The molecular formula is C20H25NO10. The Labute approximate surface area is 178 Å². The van der Waals surface area contributed by atoms with Crippen LogP contribution in [-0.2, 0) is 47.7 Å². The first-order chi connectivity index (χ1) is 14.6. The second-order valence-electron chi connectivity index (χ2n) is 6.93. The van der Waals surface area contributed by atoms with Gasteiger partial charge in [-0.15, -0.1) is 0 Å². The zero-order valence-corrected chi connectivity index (χ0v) is 17.6. The minimum absolute atomic E-state index is 0.377. The first-order valence-corrected chi connectivity index (χ1v) is 9.54. The quantitative estimate of drug-likeness (QED) is 0.423. The number of nitrogens with one attached hydrogen (secondary N) is 1. The maximum absolute atomic E-state index is 12.7. The molecule has 1 saturated heterocycles. The van der Waals surface area contributed by atoms with Crippen LogP contribution in [0.4, 0.5) is 0 Å². The van der Waals surface area contributed by atoms with E-state index in [1.54, 1.807) is 24.3 Å². The lowest BCUT2D eigenvalue weighted by atomic mass is 9.95. The van der Waals surface area contributed by atoms with Gasteiger partial charge in [0, 0.05) is 27.7 Å². The number of ether oxygens (including phenoxy) is 5. The van der Waals surface area contributed by atoms with Gasteiger partial charge < -0.3 is 29.0 Å². The van der Waals surface area contributed by atoms with Crippen molar-refractivity contribution in [1.82, 2.24) is 5.32 Å². The summed E-state index contributed by atoms with van der Waals surface area (Å²) >= 11 is 0. The number of rotatable bonds is 7. The molecule has 0 unspecified atom stereocenters. The number of hydrogen-bond acceptors (Lipinski definition) is 10. The van der Waals surface area contributed by atoms with Gasteiger partial charge in [-0.3, -0.25) is 24.0 Å². The molecule has 0 saturated carbocycles. The molecule has 5 atom stereocenters. The van der Waals surface area contributed by atoms with Gasteiger partial charge in [-0.1, -0.05) is 24.3 Å². The van der Waals surface area contributed by atoms with Crippen LogP contribution in [-0.4, -0.2) is 67.0 Å². The van der Waals surface area contributed by atoms with Gasteiger partial charge >= 0.3 is 23.9 Å². The van der Waals surface area contributed by atoms with Crippen LogP contribution in [0.1, 0.15) is 27.7 Å². The highest BCUT2D eigenvalue weighted by atomic mass is 16.7. The molecule has 0 bridgehead atoms. The highest BCUT2D eigenvalue weighted by Crippen LogP contribution is 2.28. The Morgan fingerprint density at radius 1 is 0.806 bits per heavy atom. The number of amides is 1. The molecule has 1 aliphatic heterocycles. The van der Waals surface area contributed by atoms with Crippen molar-refractivity contribution in [1.29, 1.82) is 0 Å². The number of hydrogen-bond donors (Lipinski definition) is 1. The summed E-state index contributed by atoms with van der Waals surface area (Å²) in [5.74, 6) is -3.90. The summed E-state index contributed by atoms with van der Waals surface area (Å²) in [5, 5.41) is 2.64. The van der Waals surface area contributed by atoms with Crippen molar-refractivity contribution in [3.63, 3.8) is 0 Å². The molecule has 170 valence electrons. The van der Waals surface area contributed by atoms with Gasteiger partial charge in [0.05, 0.1) is 5.92 Å². The van der Waals surface area contributed by atoms with E-state index in [4.69, 9.17) is 23.7 Å². The molecule has 2 aliphatic rings. The highest BCUT2D eigenvalue weighted by molar-refractivity contribution is 5.83. The fraction of sp³-hybridized carbons (Fsp3) is 0.550. The van der Waals surface area contributed by atoms with Crippen molar-refractivity contribution in [2.75, 3.05) is 6.61 Å². The van der Waals surface area contributed by atoms with Crippen molar-refractivity contribution in [2.45, 2.75) is 58.3 Å². The summed E-state index contributed by atoms with van der Waals surface area (Å²) < 4.78 is 26.5. The standard InChI is InChI=1S/C20H25NO10/c1-10(22)27-9-15-17(28-11(2)23)18(29-12(3)24)16(20(31-15)30-13(4)25)21-19(26)14-7-5-6-8-14/h5-8,14-18,20H,9H2,1-4H3,(H,21,26)/t15-,16-,17-,18-,20-/m1/s1. The van der Waals surface area contributed by atoms with Gasteiger partial charge in [0.2, 0.25) is 12.2 Å². The molecule has 0 radical (unpaired) electrons. The van der Waals surface area contributed by atoms with E-state index in [0.29, 0.717) is 0 Å². The molecule has 1 amide bonds. The van der Waals surface area contributed by atoms with E-state index < -0.39 is 66.3 Å². The number of allylic oxidation sites excluding steroid dienone is 2. The Morgan fingerprint density at radius 3 is 1.87 bits per heavy atom. The monoisotopic (exact) mass is 439 g/mol. The molecule has 1 aliphatic carbocycles. The smallest absolute Gasteiger partial charge is 0.305 e. The van der Waals surface area contributed by atoms with E-state index in [-0.39, 0.29) is 6.61 Å². The van der Waals surface area contributed by atoms with Crippen LogP contribution in [0.2, 0.25) is 0 Å². The predicted octanol–water partition coefficient (Wildman–Crippen LogP) is -0.0721. The SMILES string of the molecule is CC(=O)OC[C@H]1O[C@@H](OC(C)=O)[C@H](NC(=O)C2C=CC=C2)[C@@H](OC(C)=O)[C@@H]1OC(C)=O. The Balaban J connectivity index is 2.40. The Kier molecular flexibility index (Phi) is 8.31. The molecule has 0 aromatic heterocycles. The molecule has 1 N–H and O–H groups in total. The van der Waals surface area contributed by atoms with E-state index in [0.717, 1.165) is 20.8 Å². The fourth-order valence-corrected chi connectivity index (χ4v) is 3.19. The molecule has 11 heteroatoms. The maximum Gasteiger partial charge on any atom is 0.305 e. The molecule has 2 rings (SSSR count). The average molecular weight is 439 g/mol. The Bertz CT molecular complexity index is 777. The fourth-order valence-electron chi connectivity index (χ4n) is 3.19. The van der Waals surface area contributed by atoms with Crippen molar-refractivity contribution in [2.24, 2.45) is 5.92 Å². The van der Waals surface area contributed by atoms with Gasteiger partial charge in [-0.05, 0) is 0 Å². The van der Waals surface area contributed by atoms with E-state index in [1.165, 1.54) is 6.92 Å². The molecule has 1 fully saturated rings. The Hall–Kier alpha value is -3.21. The molecular weight excluding hydrogens is 414 g/mol. The van der Waals surface area contributed by atoms with E-state index >= 15 is 0 Å². The third-order valence-electron chi connectivity index (χ3n) is 4.34. The van der Waals surface area contributed by atoms with Gasteiger partial charge in [0.15, 0.2) is 12.2 Å². The molecule has 0 aromatic rings. The topological polar surface area (TPSA) is 144 Å². The molecule has 11 nitrogen and oxygen atoms in total.